The van der Waals surface area contributed by atoms with Gasteiger partial charge in [0, 0.05) is 0 Å². The molecule has 0 amide bonds. The zero-order chi connectivity index (χ0) is 16.7. The van der Waals surface area contributed by atoms with Gasteiger partial charge in [-0.15, -0.1) is 6.58 Å². The minimum atomic E-state index is -0.903. The summed E-state index contributed by atoms with van der Waals surface area (Å²) in [5, 5.41) is 0. The largest absolute Gasteiger partial charge is 0.491 e. The monoisotopic (exact) mass is 320 g/mol. The molecule has 3 heteroatoms. The number of halogens is 2. The first kappa shape index (κ1) is 18.0. The average Bonchev–Trinajstić information content (AvgIpc) is 2.58. The number of ether oxygens (including phenoxy) is 1. The van der Waals surface area contributed by atoms with Gasteiger partial charge in [0.2, 0.25) is 5.82 Å². The van der Waals surface area contributed by atoms with Crippen molar-refractivity contribution in [3.05, 3.63) is 54.8 Å². The van der Waals surface area contributed by atoms with Crippen molar-refractivity contribution in [3.63, 3.8) is 0 Å². The first-order chi connectivity index (χ1) is 11.1. The lowest BCUT2D eigenvalue weighted by molar-refractivity contribution is 0.295. The molecule has 1 aromatic carbocycles. The maximum atomic E-state index is 14.0. The summed E-state index contributed by atoms with van der Waals surface area (Å²) in [5.74, 6) is -1.76. The van der Waals surface area contributed by atoms with Crippen LogP contribution in [0.5, 0.6) is 5.75 Å². The van der Waals surface area contributed by atoms with E-state index in [-0.39, 0.29) is 11.2 Å². The number of hydrogen-bond acceptors (Lipinski definition) is 1. The average molecular weight is 320 g/mol. The molecule has 1 aliphatic carbocycles. The van der Waals surface area contributed by atoms with Crippen LogP contribution in [0.25, 0.3) is 0 Å². The van der Waals surface area contributed by atoms with E-state index in [4.69, 9.17) is 4.74 Å². The van der Waals surface area contributed by atoms with Crippen LogP contribution < -0.4 is 4.74 Å². The Hall–Kier alpha value is -1.38. The lowest BCUT2D eigenvalue weighted by Crippen LogP contribution is -2.21. The molecule has 0 saturated heterocycles. The third kappa shape index (κ3) is 4.55. The molecule has 0 heterocycles. The molecule has 0 aromatic heterocycles. The van der Waals surface area contributed by atoms with Gasteiger partial charge in [-0.2, -0.15) is 4.39 Å². The number of hydrogen-bond donors (Lipinski definition) is 0. The standard InChI is InChI=1S/C20H26F2O/c1-3-20(13-7-5-8-14-20)15-9-6-10-16-11-12-17(23-4-2)19(22)18(16)21/h3,10-12,15H,1,4-9,13-14H2,2H3. The molecule has 2 radical (unpaired) electrons. The predicted molar refractivity (Wildman–Crippen MR) is 90.2 cm³/mol. The van der Waals surface area contributed by atoms with E-state index < -0.39 is 11.6 Å². The van der Waals surface area contributed by atoms with Crippen molar-refractivity contribution in [2.75, 3.05) is 6.61 Å². The summed E-state index contributed by atoms with van der Waals surface area (Å²) in [4.78, 5) is 0. The molecular weight excluding hydrogens is 294 g/mol. The second-order valence-corrected chi connectivity index (χ2v) is 6.20. The zero-order valence-electron chi connectivity index (χ0n) is 13.9. The molecule has 0 unspecified atom stereocenters. The van der Waals surface area contributed by atoms with Gasteiger partial charge in [0.1, 0.15) is 0 Å². The Bertz CT molecular complexity index is 519. The van der Waals surface area contributed by atoms with E-state index in [0.29, 0.717) is 18.6 Å². The van der Waals surface area contributed by atoms with Gasteiger partial charge in [0.15, 0.2) is 11.6 Å². The third-order valence-electron chi connectivity index (χ3n) is 4.65. The van der Waals surface area contributed by atoms with E-state index in [1.165, 1.54) is 25.3 Å². The summed E-state index contributed by atoms with van der Waals surface area (Å²) in [5.41, 5.74) is 0.435. The summed E-state index contributed by atoms with van der Waals surface area (Å²) in [6.07, 6.45) is 13.7. The normalized spacial score (nSPS) is 17.0. The highest BCUT2D eigenvalue weighted by atomic mass is 19.2. The number of benzene rings is 1. The van der Waals surface area contributed by atoms with Crippen LogP contribution in [0.1, 0.15) is 57.4 Å². The third-order valence-corrected chi connectivity index (χ3v) is 4.65. The summed E-state index contributed by atoms with van der Waals surface area (Å²) < 4.78 is 32.9. The number of allylic oxidation sites excluding steroid dienone is 1. The minimum absolute atomic E-state index is 0.0264. The fourth-order valence-corrected chi connectivity index (χ4v) is 3.28. The van der Waals surface area contributed by atoms with Crippen molar-refractivity contribution < 1.29 is 13.5 Å². The van der Waals surface area contributed by atoms with Crippen molar-refractivity contribution in [2.24, 2.45) is 5.41 Å². The highest BCUT2D eigenvalue weighted by Crippen LogP contribution is 2.41. The van der Waals surface area contributed by atoms with E-state index in [0.717, 1.165) is 19.3 Å². The summed E-state index contributed by atoms with van der Waals surface area (Å²) >= 11 is 0. The van der Waals surface area contributed by atoms with Gasteiger partial charge < -0.3 is 4.74 Å². The minimum Gasteiger partial charge on any atom is -0.491 e. The lowest BCUT2D eigenvalue weighted by atomic mass is 9.71. The van der Waals surface area contributed by atoms with Crippen LogP contribution in [0.3, 0.4) is 0 Å². The molecule has 0 bridgehead atoms. The molecule has 0 atom stereocenters. The van der Waals surface area contributed by atoms with Gasteiger partial charge in [-0.25, -0.2) is 4.39 Å². The molecule has 1 aliphatic rings. The number of unbranched alkanes of at least 4 members (excludes halogenated alkanes) is 1. The summed E-state index contributed by atoms with van der Waals surface area (Å²) in [7, 11) is 0. The van der Waals surface area contributed by atoms with Crippen LogP contribution in [0, 0.1) is 29.9 Å². The Morgan fingerprint density at radius 3 is 2.52 bits per heavy atom. The van der Waals surface area contributed by atoms with E-state index >= 15 is 0 Å². The predicted octanol–water partition coefficient (Wildman–Crippen LogP) is 6.04. The topological polar surface area (TPSA) is 9.23 Å². The van der Waals surface area contributed by atoms with Crippen LogP contribution in [-0.2, 0) is 0 Å². The SMILES string of the molecule is C=CC1([CH]CC[CH]c2ccc(OCC)c(F)c2F)CCCCC1. The molecule has 0 spiro atoms. The summed E-state index contributed by atoms with van der Waals surface area (Å²) in [6, 6.07) is 3.07. The van der Waals surface area contributed by atoms with E-state index in [1.54, 1.807) is 19.4 Å². The van der Waals surface area contributed by atoms with Crippen molar-refractivity contribution in [1.82, 2.24) is 0 Å². The van der Waals surface area contributed by atoms with E-state index in [2.05, 4.69) is 19.1 Å². The van der Waals surface area contributed by atoms with Crippen molar-refractivity contribution in [2.45, 2.75) is 51.9 Å². The van der Waals surface area contributed by atoms with Crippen molar-refractivity contribution >= 4 is 0 Å². The molecule has 2 rings (SSSR count). The quantitative estimate of drug-likeness (QED) is 0.419. The van der Waals surface area contributed by atoms with Gasteiger partial charge in [-0.05, 0) is 62.5 Å². The molecule has 126 valence electrons. The van der Waals surface area contributed by atoms with Gasteiger partial charge in [0.05, 0.1) is 6.61 Å². The molecule has 23 heavy (non-hydrogen) atoms. The Kier molecular flexibility index (Phi) is 6.61. The highest BCUT2D eigenvalue weighted by Gasteiger charge is 2.28. The van der Waals surface area contributed by atoms with Gasteiger partial charge in [-0.3, -0.25) is 0 Å². The first-order valence-electron chi connectivity index (χ1n) is 8.54. The number of rotatable bonds is 8. The van der Waals surface area contributed by atoms with Crippen molar-refractivity contribution in [1.29, 1.82) is 0 Å². The van der Waals surface area contributed by atoms with Gasteiger partial charge in [-0.1, -0.05) is 31.4 Å². The van der Waals surface area contributed by atoms with Crippen LogP contribution in [-0.4, -0.2) is 6.61 Å². The fraction of sp³-hybridized carbons (Fsp3) is 0.500. The Morgan fingerprint density at radius 1 is 1.13 bits per heavy atom. The molecule has 1 aromatic rings. The van der Waals surface area contributed by atoms with Crippen LogP contribution in [0.15, 0.2) is 24.8 Å². The smallest absolute Gasteiger partial charge is 0.200 e. The van der Waals surface area contributed by atoms with E-state index in [1.807, 2.05) is 0 Å². The van der Waals surface area contributed by atoms with E-state index in [9.17, 15) is 8.78 Å². The fourth-order valence-electron chi connectivity index (χ4n) is 3.28. The van der Waals surface area contributed by atoms with Crippen molar-refractivity contribution in [3.8, 4) is 5.75 Å². The zero-order valence-corrected chi connectivity index (χ0v) is 13.9. The molecule has 0 aliphatic heterocycles. The second-order valence-electron chi connectivity index (χ2n) is 6.20. The second kappa shape index (κ2) is 8.47. The Balaban J connectivity index is 1.86. The van der Waals surface area contributed by atoms with Crippen LogP contribution >= 0.6 is 0 Å². The van der Waals surface area contributed by atoms with Crippen LogP contribution in [0.2, 0.25) is 0 Å². The Morgan fingerprint density at radius 2 is 1.87 bits per heavy atom. The molecule has 1 nitrogen and oxygen atoms in total. The maximum absolute atomic E-state index is 14.0. The van der Waals surface area contributed by atoms with Gasteiger partial charge >= 0.3 is 0 Å². The lowest BCUT2D eigenvalue weighted by Gasteiger charge is -2.34. The molecule has 1 saturated carbocycles. The van der Waals surface area contributed by atoms with Gasteiger partial charge in [0.25, 0.3) is 0 Å². The van der Waals surface area contributed by atoms with Crippen LogP contribution in [0.4, 0.5) is 8.78 Å². The molecular formula is C20H26F2O. The molecule has 0 N–H and O–H groups in total. The molecule has 1 fully saturated rings. The highest BCUT2D eigenvalue weighted by molar-refractivity contribution is 5.34. The maximum Gasteiger partial charge on any atom is 0.200 e. The Labute approximate surface area is 138 Å². The first-order valence-corrected chi connectivity index (χ1v) is 8.54. The summed E-state index contributed by atoms with van der Waals surface area (Å²) in [6.45, 7) is 6.04.